The van der Waals surface area contributed by atoms with Gasteiger partial charge >= 0.3 is 0 Å². The molecule has 0 aromatic heterocycles. The van der Waals surface area contributed by atoms with Crippen molar-refractivity contribution < 1.29 is 18.7 Å². The van der Waals surface area contributed by atoms with Crippen LogP contribution in [0.1, 0.15) is 45.1 Å². The average Bonchev–Trinajstić information content (AvgIpc) is 2.53. The van der Waals surface area contributed by atoms with Crippen molar-refractivity contribution in [3.8, 4) is 0 Å². The van der Waals surface area contributed by atoms with Crippen LogP contribution in [0.5, 0.6) is 0 Å². The quantitative estimate of drug-likeness (QED) is 0.875. The molecule has 0 bridgehead atoms. The Morgan fingerprint density at radius 1 is 1.27 bits per heavy atom. The molecule has 2 aliphatic rings. The minimum absolute atomic E-state index is 0.0284. The lowest BCUT2D eigenvalue weighted by atomic mass is 9.64. The number of nitrogens with zero attached hydrogens (tertiary/aromatic N) is 1. The highest BCUT2D eigenvalue weighted by Crippen LogP contribution is 2.44. The standard InChI is InChI=1S/C20H27FN2O3/c1-14-12-23(13-15(2)26-14)18(24)7-10-22-19(25)20(8-4-9-20)16-5-3-6-17(21)11-16/h3,5-6,11,14-15H,4,7-10,12-13H2,1-2H3,(H,22,25)/t14-,15+. The van der Waals surface area contributed by atoms with E-state index in [0.29, 0.717) is 32.5 Å². The van der Waals surface area contributed by atoms with Crippen LogP contribution in [0.3, 0.4) is 0 Å². The first kappa shape index (κ1) is 18.8. The van der Waals surface area contributed by atoms with Crippen molar-refractivity contribution in [2.75, 3.05) is 19.6 Å². The van der Waals surface area contributed by atoms with Crippen LogP contribution >= 0.6 is 0 Å². The lowest BCUT2D eigenvalue weighted by Gasteiger charge is -2.40. The summed E-state index contributed by atoms with van der Waals surface area (Å²) in [6, 6.07) is 6.28. The summed E-state index contributed by atoms with van der Waals surface area (Å²) in [5.41, 5.74) is 0.0797. The summed E-state index contributed by atoms with van der Waals surface area (Å²) >= 11 is 0. The molecule has 142 valence electrons. The minimum atomic E-state index is -0.646. The Hall–Kier alpha value is -1.95. The van der Waals surface area contributed by atoms with Crippen molar-refractivity contribution in [2.45, 2.75) is 57.2 Å². The van der Waals surface area contributed by atoms with E-state index in [0.717, 1.165) is 12.0 Å². The van der Waals surface area contributed by atoms with Crippen LogP contribution in [0.15, 0.2) is 24.3 Å². The second-order valence-electron chi connectivity index (χ2n) is 7.51. The number of rotatable bonds is 5. The molecule has 0 spiro atoms. The van der Waals surface area contributed by atoms with Gasteiger partial charge in [0.1, 0.15) is 5.82 Å². The number of hydrogen-bond donors (Lipinski definition) is 1. The fraction of sp³-hybridized carbons (Fsp3) is 0.600. The van der Waals surface area contributed by atoms with E-state index >= 15 is 0 Å². The molecule has 1 N–H and O–H groups in total. The molecule has 2 fully saturated rings. The van der Waals surface area contributed by atoms with Crippen molar-refractivity contribution in [2.24, 2.45) is 0 Å². The van der Waals surface area contributed by atoms with Gasteiger partial charge in [0.25, 0.3) is 0 Å². The third-order valence-electron chi connectivity index (χ3n) is 5.42. The van der Waals surface area contributed by atoms with Gasteiger partial charge in [-0.3, -0.25) is 9.59 Å². The topological polar surface area (TPSA) is 58.6 Å². The van der Waals surface area contributed by atoms with Crippen LogP contribution in [-0.2, 0) is 19.7 Å². The molecule has 26 heavy (non-hydrogen) atoms. The first-order valence-corrected chi connectivity index (χ1v) is 9.38. The van der Waals surface area contributed by atoms with E-state index in [1.165, 1.54) is 12.1 Å². The van der Waals surface area contributed by atoms with E-state index in [4.69, 9.17) is 4.74 Å². The van der Waals surface area contributed by atoms with Crippen LogP contribution in [0.4, 0.5) is 4.39 Å². The lowest BCUT2D eigenvalue weighted by molar-refractivity contribution is -0.143. The highest BCUT2D eigenvalue weighted by Gasteiger charge is 2.45. The van der Waals surface area contributed by atoms with E-state index in [2.05, 4.69) is 5.32 Å². The second-order valence-corrected chi connectivity index (χ2v) is 7.51. The van der Waals surface area contributed by atoms with Gasteiger partial charge in [-0.1, -0.05) is 18.6 Å². The number of amides is 2. The van der Waals surface area contributed by atoms with Gasteiger partial charge in [-0.25, -0.2) is 4.39 Å². The third-order valence-corrected chi connectivity index (χ3v) is 5.42. The third kappa shape index (κ3) is 3.90. The molecule has 6 heteroatoms. The molecule has 1 saturated carbocycles. The number of carbonyl (C=O) groups excluding carboxylic acids is 2. The zero-order chi connectivity index (χ0) is 18.7. The number of morpholine rings is 1. The van der Waals surface area contributed by atoms with Gasteiger partial charge in [0, 0.05) is 26.1 Å². The molecular weight excluding hydrogens is 335 g/mol. The first-order valence-electron chi connectivity index (χ1n) is 9.38. The summed E-state index contributed by atoms with van der Waals surface area (Å²) in [5.74, 6) is -0.404. The fourth-order valence-electron chi connectivity index (χ4n) is 3.96. The van der Waals surface area contributed by atoms with Gasteiger partial charge < -0.3 is 15.0 Å². The molecule has 3 rings (SSSR count). The molecule has 2 atom stereocenters. The highest BCUT2D eigenvalue weighted by molar-refractivity contribution is 5.89. The van der Waals surface area contributed by atoms with Gasteiger partial charge in [-0.2, -0.15) is 0 Å². The Labute approximate surface area is 153 Å². The van der Waals surface area contributed by atoms with Crippen molar-refractivity contribution in [3.63, 3.8) is 0 Å². The van der Waals surface area contributed by atoms with E-state index in [-0.39, 0.29) is 36.3 Å². The number of halogens is 1. The van der Waals surface area contributed by atoms with Crippen molar-refractivity contribution in [1.29, 1.82) is 0 Å². The van der Waals surface area contributed by atoms with Gasteiger partial charge in [0.05, 0.1) is 17.6 Å². The van der Waals surface area contributed by atoms with Gasteiger partial charge in [0.15, 0.2) is 0 Å². The summed E-state index contributed by atoms with van der Waals surface area (Å²) in [6.07, 6.45) is 2.72. The Morgan fingerprint density at radius 2 is 1.96 bits per heavy atom. The van der Waals surface area contributed by atoms with Crippen molar-refractivity contribution in [3.05, 3.63) is 35.6 Å². The summed E-state index contributed by atoms with van der Waals surface area (Å²) in [4.78, 5) is 26.9. The smallest absolute Gasteiger partial charge is 0.230 e. The van der Waals surface area contributed by atoms with E-state index in [1.807, 2.05) is 19.9 Å². The predicted octanol–water partition coefficient (Wildman–Crippen LogP) is 2.39. The molecule has 1 aliphatic heterocycles. The van der Waals surface area contributed by atoms with E-state index in [9.17, 15) is 14.0 Å². The van der Waals surface area contributed by atoms with Crippen molar-refractivity contribution >= 4 is 11.8 Å². The Bertz CT molecular complexity index is 665. The lowest BCUT2D eigenvalue weighted by Crippen LogP contribution is -2.51. The van der Waals surface area contributed by atoms with Gasteiger partial charge in [-0.05, 0) is 44.4 Å². The number of ether oxygens (including phenoxy) is 1. The number of hydrogen-bond acceptors (Lipinski definition) is 3. The average molecular weight is 362 g/mol. The predicted molar refractivity (Wildman–Crippen MR) is 96.1 cm³/mol. The molecule has 1 aromatic rings. The number of benzene rings is 1. The van der Waals surface area contributed by atoms with Crippen LogP contribution in [0.25, 0.3) is 0 Å². The van der Waals surface area contributed by atoms with Crippen LogP contribution in [-0.4, -0.2) is 48.6 Å². The first-order chi connectivity index (χ1) is 12.4. The maximum absolute atomic E-state index is 13.6. The minimum Gasteiger partial charge on any atom is -0.372 e. The zero-order valence-electron chi connectivity index (χ0n) is 15.5. The SMILES string of the molecule is C[C@@H]1CN(C(=O)CCNC(=O)C2(c3cccc(F)c3)CCC2)C[C@H](C)O1. The molecule has 1 aliphatic carbocycles. The Kier molecular flexibility index (Phi) is 5.61. The summed E-state index contributed by atoms with van der Waals surface area (Å²) in [6.45, 7) is 5.39. The van der Waals surface area contributed by atoms with Gasteiger partial charge in [0.2, 0.25) is 11.8 Å². The molecule has 0 unspecified atom stereocenters. The number of nitrogens with one attached hydrogen (secondary N) is 1. The van der Waals surface area contributed by atoms with Gasteiger partial charge in [-0.15, -0.1) is 0 Å². The molecule has 0 radical (unpaired) electrons. The number of carbonyl (C=O) groups is 2. The van der Waals surface area contributed by atoms with Crippen molar-refractivity contribution in [1.82, 2.24) is 10.2 Å². The fourth-order valence-corrected chi connectivity index (χ4v) is 3.96. The van der Waals surface area contributed by atoms with Crippen LogP contribution < -0.4 is 5.32 Å². The summed E-state index contributed by atoms with van der Waals surface area (Å²) in [7, 11) is 0. The maximum Gasteiger partial charge on any atom is 0.230 e. The molecular formula is C20H27FN2O3. The highest BCUT2D eigenvalue weighted by atomic mass is 19.1. The Balaban J connectivity index is 1.54. The molecule has 2 amide bonds. The van der Waals surface area contributed by atoms with Crippen LogP contribution in [0, 0.1) is 5.82 Å². The Morgan fingerprint density at radius 3 is 2.54 bits per heavy atom. The van der Waals surface area contributed by atoms with E-state index in [1.54, 1.807) is 11.0 Å². The van der Waals surface area contributed by atoms with Crippen LogP contribution in [0.2, 0.25) is 0 Å². The molecule has 1 saturated heterocycles. The monoisotopic (exact) mass is 362 g/mol. The maximum atomic E-state index is 13.6. The summed E-state index contributed by atoms with van der Waals surface area (Å²) < 4.78 is 19.2. The summed E-state index contributed by atoms with van der Waals surface area (Å²) in [5, 5.41) is 2.90. The molecule has 1 heterocycles. The molecule has 5 nitrogen and oxygen atoms in total. The van der Waals surface area contributed by atoms with E-state index < -0.39 is 5.41 Å². The second kappa shape index (κ2) is 7.74. The largest absolute Gasteiger partial charge is 0.372 e. The molecule has 1 aromatic carbocycles. The normalized spacial score (nSPS) is 24.7. The zero-order valence-corrected chi connectivity index (χ0v) is 15.5.